The smallest absolute Gasteiger partial charge is 0.236 e. The number of halogens is 2. The number of aromatic nitrogens is 1. The molecule has 6 heteroatoms. The fraction of sp³-hybridized carbons (Fsp3) is 0. The molecule has 0 atom stereocenters. The molecule has 0 spiro atoms. The largest absolute Gasteiger partial charge is 0.375 e. The molecule has 63 valence electrons. The molecule has 0 saturated heterocycles. The zero-order chi connectivity index (χ0) is 9.14. The van der Waals surface area contributed by atoms with Crippen LogP contribution in [-0.2, 0) is 4.79 Å². The van der Waals surface area contributed by atoms with E-state index in [2.05, 4.69) is 4.98 Å². The Labute approximate surface area is 82.8 Å². The highest BCUT2D eigenvalue weighted by Gasteiger charge is 2.11. The molecule has 0 aliphatic heterocycles. The van der Waals surface area contributed by atoms with Gasteiger partial charge in [-0.2, -0.15) is 0 Å². The van der Waals surface area contributed by atoms with Gasteiger partial charge in [0.15, 0.2) is 5.13 Å². The summed E-state index contributed by atoms with van der Waals surface area (Å²) in [5, 5.41) is 0.293. The maximum atomic E-state index is 10.3. The third-order valence-corrected chi connectivity index (χ3v) is 2.38. The van der Waals surface area contributed by atoms with Gasteiger partial charge in [-0.25, -0.2) is 4.98 Å². The first-order chi connectivity index (χ1) is 5.69. The minimum absolute atomic E-state index is 0.106. The number of nitrogens with two attached hydrogens (primary N) is 1. The van der Waals surface area contributed by atoms with Gasteiger partial charge in [0.25, 0.3) is 0 Å². The fourth-order valence-electron chi connectivity index (χ4n) is 0.605. The zero-order valence-electron chi connectivity index (χ0n) is 5.67. The van der Waals surface area contributed by atoms with Crippen molar-refractivity contribution in [1.29, 1.82) is 0 Å². The second kappa shape index (κ2) is 3.89. The van der Waals surface area contributed by atoms with E-state index in [4.69, 9.17) is 28.9 Å². The molecule has 0 unspecified atom stereocenters. The number of allylic oxidation sites excluding steroid dienone is 1. The Morgan fingerprint density at radius 3 is 2.75 bits per heavy atom. The third kappa shape index (κ3) is 1.77. The zero-order valence-corrected chi connectivity index (χ0v) is 8.00. The first kappa shape index (κ1) is 9.51. The van der Waals surface area contributed by atoms with Gasteiger partial charge in [-0.1, -0.05) is 34.5 Å². The van der Waals surface area contributed by atoms with E-state index in [1.54, 1.807) is 6.29 Å². The topological polar surface area (TPSA) is 56.0 Å². The predicted molar refractivity (Wildman–Crippen MR) is 51.1 cm³/mol. The van der Waals surface area contributed by atoms with E-state index in [0.717, 1.165) is 16.9 Å². The van der Waals surface area contributed by atoms with Crippen molar-refractivity contribution < 1.29 is 4.79 Å². The van der Waals surface area contributed by atoms with Crippen molar-refractivity contribution in [2.45, 2.75) is 0 Å². The summed E-state index contributed by atoms with van der Waals surface area (Å²) in [6.45, 7) is 0. The van der Waals surface area contributed by atoms with Crippen molar-refractivity contribution in [2.75, 3.05) is 5.73 Å². The summed E-state index contributed by atoms with van der Waals surface area (Å²) in [5.41, 5.74) is 6.80. The van der Waals surface area contributed by atoms with Gasteiger partial charge in [-0.05, 0) is 0 Å². The summed E-state index contributed by atoms with van der Waals surface area (Å²) in [6.07, 6.45) is 1.61. The molecule has 0 aromatic carbocycles. The van der Waals surface area contributed by atoms with Crippen LogP contribution in [0.25, 0.3) is 5.57 Å². The third-order valence-electron chi connectivity index (χ3n) is 1.08. The molecule has 2 N–H and O–H groups in total. The Balaban J connectivity index is 3.17. The Kier molecular flexibility index (Phi) is 3.08. The molecule has 0 aliphatic carbocycles. The molecular formula is C6H3Cl2N2OS. The van der Waals surface area contributed by atoms with Crippen LogP contribution in [0.15, 0.2) is 5.54 Å². The van der Waals surface area contributed by atoms with E-state index >= 15 is 0 Å². The number of nitrogens with zero attached hydrogens (tertiary/aromatic N) is 1. The minimum atomic E-state index is 0.106. The SMILES string of the molecule is Nc1nc(/C([C]=O)=C/Cl)c(Cl)s1. The lowest BCUT2D eigenvalue weighted by Crippen LogP contribution is -1.87. The Bertz CT molecular complexity index is 334. The lowest BCUT2D eigenvalue weighted by Gasteiger charge is -1.89. The number of anilines is 1. The summed E-state index contributed by atoms with van der Waals surface area (Å²) in [5.74, 6) is 0. The van der Waals surface area contributed by atoms with Gasteiger partial charge >= 0.3 is 0 Å². The van der Waals surface area contributed by atoms with Crippen LogP contribution in [0.3, 0.4) is 0 Å². The predicted octanol–water partition coefficient (Wildman–Crippen LogP) is 2.07. The van der Waals surface area contributed by atoms with Crippen LogP contribution in [0.4, 0.5) is 5.13 Å². The van der Waals surface area contributed by atoms with Gasteiger partial charge < -0.3 is 5.73 Å². The summed E-state index contributed by atoms with van der Waals surface area (Å²) >= 11 is 12.1. The number of thiazole rings is 1. The summed E-state index contributed by atoms with van der Waals surface area (Å²) in [6, 6.07) is 0. The van der Waals surface area contributed by atoms with Crippen molar-refractivity contribution in [2.24, 2.45) is 0 Å². The van der Waals surface area contributed by atoms with Crippen molar-refractivity contribution in [1.82, 2.24) is 4.98 Å². The normalized spacial score (nSPS) is 11.7. The molecule has 0 bridgehead atoms. The minimum Gasteiger partial charge on any atom is -0.375 e. The Morgan fingerprint density at radius 2 is 2.42 bits per heavy atom. The number of rotatable bonds is 2. The number of hydrogen-bond donors (Lipinski definition) is 1. The molecule has 1 aromatic heterocycles. The quantitative estimate of drug-likeness (QED) is 0.779. The molecular weight excluding hydrogens is 219 g/mol. The average Bonchev–Trinajstić information content (AvgIpc) is 2.34. The second-order valence-electron chi connectivity index (χ2n) is 1.80. The molecule has 0 saturated carbocycles. The number of hydrogen-bond acceptors (Lipinski definition) is 4. The maximum absolute atomic E-state index is 10.3. The van der Waals surface area contributed by atoms with Gasteiger partial charge in [-0.3, -0.25) is 4.79 Å². The molecule has 3 nitrogen and oxygen atoms in total. The van der Waals surface area contributed by atoms with Crippen molar-refractivity contribution >= 4 is 51.5 Å². The lowest BCUT2D eigenvalue weighted by molar-refractivity contribution is 0.565. The van der Waals surface area contributed by atoms with E-state index in [9.17, 15) is 4.79 Å². The van der Waals surface area contributed by atoms with Gasteiger partial charge in [0.1, 0.15) is 10.0 Å². The summed E-state index contributed by atoms with van der Waals surface area (Å²) in [7, 11) is 0. The number of carbonyl (C=O) groups excluding carboxylic acids is 1. The number of nitrogen functional groups attached to an aromatic ring is 1. The molecule has 1 radical (unpaired) electrons. The van der Waals surface area contributed by atoms with Gasteiger partial charge in [0.05, 0.1) is 5.57 Å². The maximum Gasteiger partial charge on any atom is 0.236 e. The van der Waals surface area contributed by atoms with Crippen molar-refractivity contribution in [3.05, 3.63) is 15.6 Å². The monoisotopic (exact) mass is 221 g/mol. The molecule has 0 fully saturated rings. The standard InChI is InChI=1S/C6H3Cl2N2OS/c7-1-3(2-11)4-5(8)12-6(9)10-4/h1H,(H2,9,10)/b3-1+. The van der Waals surface area contributed by atoms with Crippen LogP contribution in [0.1, 0.15) is 5.69 Å². The first-order valence-electron chi connectivity index (χ1n) is 2.79. The highest BCUT2D eigenvalue weighted by Crippen LogP contribution is 2.30. The molecule has 1 rings (SSSR count). The van der Waals surface area contributed by atoms with Crippen LogP contribution >= 0.6 is 34.5 Å². The van der Waals surface area contributed by atoms with E-state index in [1.807, 2.05) is 0 Å². The van der Waals surface area contributed by atoms with Crippen molar-refractivity contribution in [3.63, 3.8) is 0 Å². The van der Waals surface area contributed by atoms with Crippen LogP contribution in [0.5, 0.6) is 0 Å². The van der Waals surface area contributed by atoms with E-state index in [-0.39, 0.29) is 11.3 Å². The fourth-order valence-corrected chi connectivity index (χ4v) is 1.71. The molecule has 1 heterocycles. The van der Waals surface area contributed by atoms with Crippen LogP contribution in [0.2, 0.25) is 4.34 Å². The average molecular weight is 222 g/mol. The molecule has 12 heavy (non-hydrogen) atoms. The highest BCUT2D eigenvalue weighted by atomic mass is 35.5. The van der Waals surface area contributed by atoms with E-state index < -0.39 is 0 Å². The Morgan fingerprint density at radius 1 is 1.75 bits per heavy atom. The van der Waals surface area contributed by atoms with E-state index in [1.165, 1.54) is 0 Å². The summed E-state index contributed by atoms with van der Waals surface area (Å²) in [4.78, 5) is 14.1. The van der Waals surface area contributed by atoms with Crippen LogP contribution in [0, 0.1) is 0 Å². The van der Waals surface area contributed by atoms with Crippen LogP contribution in [-0.4, -0.2) is 11.3 Å². The van der Waals surface area contributed by atoms with E-state index in [0.29, 0.717) is 9.47 Å². The summed E-state index contributed by atoms with van der Waals surface area (Å²) < 4.78 is 0.336. The van der Waals surface area contributed by atoms with Crippen LogP contribution < -0.4 is 5.73 Å². The lowest BCUT2D eigenvalue weighted by atomic mass is 10.3. The van der Waals surface area contributed by atoms with Gasteiger partial charge in [0, 0.05) is 5.54 Å². The second-order valence-corrected chi connectivity index (χ2v) is 3.65. The molecule has 1 aromatic rings. The highest BCUT2D eigenvalue weighted by molar-refractivity contribution is 7.19. The molecule has 0 amide bonds. The first-order valence-corrected chi connectivity index (χ1v) is 4.43. The Hall–Kier alpha value is -0.580. The van der Waals surface area contributed by atoms with Crippen molar-refractivity contribution in [3.8, 4) is 0 Å². The van der Waals surface area contributed by atoms with Gasteiger partial charge in [-0.15, -0.1) is 0 Å². The molecule has 0 aliphatic rings. The van der Waals surface area contributed by atoms with Gasteiger partial charge in [0.2, 0.25) is 6.29 Å².